The largest absolute Gasteiger partial charge is 0.454 e. The van der Waals surface area contributed by atoms with Gasteiger partial charge in [0, 0.05) is 11.8 Å². The standard InChI is InChI=1S/C21H16FN3O4/c22-15-6-2-1-5-14(15)20(26)24-16-7-3-4-8-17(16)25-21(27)23-13-9-10-18-19(11-13)29-12-28-18/h1-11H,12H2,(H,24,26)(H2,23,25,27). The van der Waals surface area contributed by atoms with Gasteiger partial charge in [0.1, 0.15) is 5.82 Å². The van der Waals surface area contributed by atoms with Crippen LogP contribution in [-0.4, -0.2) is 18.7 Å². The van der Waals surface area contributed by atoms with Crippen molar-refractivity contribution in [3.05, 3.63) is 78.1 Å². The minimum absolute atomic E-state index is 0.0906. The second-order valence-corrected chi connectivity index (χ2v) is 6.13. The van der Waals surface area contributed by atoms with Crippen LogP contribution >= 0.6 is 0 Å². The number of carbonyl (C=O) groups is 2. The predicted molar refractivity (Wildman–Crippen MR) is 106 cm³/mol. The van der Waals surface area contributed by atoms with E-state index in [1.54, 1.807) is 48.5 Å². The lowest BCUT2D eigenvalue weighted by atomic mass is 10.2. The summed E-state index contributed by atoms with van der Waals surface area (Å²) in [6.07, 6.45) is 0. The first kappa shape index (κ1) is 18.3. The smallest absolute Gasteiger partial charge is 0.323 e. The molecule has 1 aliphatic heterocycles. The lowest BCUT2D eigenvalue weighted by Gasteiger charge is -2.13. The number of amides is 3. The summed E-state index contributed by atoms with van der Waals surface area (Å²) in [5, 5.41) is 7.96. The van der Waals surface area contributed by atoms with E-state index in [2.05, 4.69) is 16.0 Å². The number of carbonyl (C=O) groups excluding carboxylic acids is 2. The number of halogens is 1. The Kier molecular flexibility index (Phi) is 4.98. The van der Waals surface area contributed by atoms with Crippen LogP contribution in [0.25, 0.3) is 0 Å². The van der Waals surface area contributed by atoms with Crippen LogP contribution in [0.1, 0.15) is 10.4 Å². The summed E-state index contributed by atoms with van der Waals surface area (Å²) in [6.45, 7) is 0.139. The van der Waals surface area contributed by atoms with E-state index in [1.165, 1.54) is 18.2 Å². The molecule has 7 nitrogen and oxygen atoms in total. The Morgan fingerprint density at radius 1 is 0.793 bits per heavy atom. The molecule has 0 spiro atoms. The average molecular weight is 393 g/mol. The molecule has 1 aliphatic rings. The van der Waals surface area contributed by atoms with Crippen LogP contribution < -0.4 is 25.4 Å². The second kappa shape index (κ2) is 7.89. The molecule has 0 radical (unpaired) electrons. The average Bonchev–Trinajstić information content (AvgIpc) is 3.17. The molecular weight excluding hydrogens is 377 g/mol. The number of hydrogen-bond donors (Lipinski definition) is 3. The Labute approximate surface area is 165 Å². The van der Waals surface area contributed by atoms with Gasteiger partial charge in [0.25, 0.3) is 5.91 Å². The molecule has 4 rings (SSSR count). The third kappa shape index (κ3) is 4.11. The van der Waals surface area contributed by atoms with Crippen molar-refractivity contribution in [2.45, 2.75) is 0 Å². The molecule has 0 fully saturated rings. The number of urea groups is 1. The number of benzene rings is 3. The van der Waals surface area contributed by atoms with E-state index in [0.717, 1.165) is 0 Å². The number of ether oxygens (including phenoxy) is 2. The van der Waals surface area contributed by atoms with E-state index in [0.29, 0.717) is 28.6 Å². The molecule has 0 saturated heterocycles. The molecule has 0 aromatic heterocycles. The van der Waals surface area contributed by atoms with Gasteiger partial charge in [-0.25, -0.2) is 9.18 Å². The zero-order valence-electron chi connectivity index (χ0n) is 15.1. The predicted octanol–water partition coefficient (Wildman–Crippen LogP) is 4.45. The fourth-order valence-corrected chi connectivity index (χ4v) is 2.80. The summed E-state index contributed by atoms with van der Waals surface area (Å²) in [6, 6.07) is 16.8. The summed E-state index contributed by atoms with van der Waals surface area (Å²) < 4.78 is 24.3. The summed E-state index contributed by atoms with van der Waals surface area (Å²) in [4.78, 5) is 24.7. The van der Waals surface area contributed by atoms with Gasteiger partial charge >= 0.3 is 6.03 Å². The molecule has 29 heavy (non-hydrogen) atoms. The summed E-state index contributed by atoms with van der Waals surface area (Å²) >= 11 is 0. The first-order valence-corrected chi connectivity index (χ1v) is 8.73. The van der Waals surface area contributed by atoms with Gasteiger partial charge in [0.2, 0.25) is 6.79 Å². The monoisotopic (exact) mass is 393 g/mol. The van der Waals surface area contributed by atoms with E-state index in [-0.39, 0.29) is 12.4 Å². The summed E-state index contributed by atoms with van der Waals surface area (Å²) in [7, 11) is 0. The lowest BCUT2D eigenvalue weighted by Crippen LogP contribution is -2.21. The SMILES string of the molecule is O=C(Nc1ccc2c(c1)OCO2)Nc1ccccc1NC(=O)c1ccccc1F. The van der Waals surface area contributed by atoms with Crippen LogP contribution in [-0.2, 0) is 0 Å². The molecular formula is C21H16FN3O4. The van der Waals surface area contributed by atoms with Crippen molar-refractivity contribution in [2.24, 2.45) is 0 Å². The number of anilines is 3. The maximum atomic E-state index is 13.8. The minimum Gasteiger partial charge on any atom is -0.454 e. The van der Waals surface area contributed by atoms with Gasteiger partial charge in [-0.15, -0.1) is 0 Å². The van der Waals surface area contributed by atoms with Gasteiger partial charge in [-0.05, 0) is 36.4 Å². The van der Waals surface area contributed by atoms with Crippen molar-refractivity contribution in [3.8, 4) is 11.5 Å². The van der Waals surface area contributed by atoms with Gasteiger partial charge < -0.3 is 25.4 Å². The number of nitrogens with one attached hydrogen (secondary N) is 3. The number of fused-ring (bicyclic) bond motifs is 1. The Bertz CT molecular complexity index is 1090. The molecule has 0 aliphatic carbocycles. The van der Waals surface area contributed by atoms with Crippen molar-refractivity contribution in [3.63, 3.8) is 0 Å². The van der Waals surface area contributed by atoms with Gasteiger partial charge in [-0.2, -0.15) is 0 Å². The van der Waals surface area contributed by atoms with Crippen molar-refractivity contribution in [2.75, 3.05) is 22.7 Å². The Morgan fingerprint density at radius 2 is 1.48 bits per heavy atom. The van der Waals surface area contributed by atoms with Crippen LogP contribution in [0.4, 0.5) is 26.2 Å². The van der Waals surface area contributed by atoms with E-state index in [9.17, 15) is 14.0 Å². The molecule has 1 heterocycles. The van der Waals surface area contributed by atoms with Gasteiger partial charge in [0.05, 0.1) is 16.9 Å². The van der Waals surface area contributed by atoms with Crippen LogP contribution in [0.2, 0.25) is 0 Å². The number of rotatable bonds is 4. The zero-order chi connectivity index (χ0) is 20.2. The molecule has 8 heteroatoms. The molecule has 3 N–H and O–H groups in total. The Hall–Kier alpha value is -4.07. The van der Waals surface area contributed by atoms with Gasteiger partial charge in [-0.3, -0.25) is 4.79 Å². The molecule has 3 amide bonds. The highest BCUT2D eigenvalue weighted by molar-refractivity contribution is 6.08. The molecule has 3 aromatic carbocycles. The first-order chi connectivity index (χ1) is 14.1. The number of hydrogen-bond acceptors (Lipinski definition) is 4. The van der Waals surface area contributed by atoms with Crippen molar-refractivity contribution < 1.29 is 23.5 Å². The maximum absolute atomic E-state index is 13.8. The van der Waals surface area contributed by atoms with E-state index in [1.807, 2.05) is 0 Å². The molecule has 0 unspecified atom stereocenters. The van der Waals surface area contributed by atoms with Crippen LogP contribution in [0.5, 0.6) is 11.5 Å². The second-order valence-electron chi connectivity index (χ2n) is 6.13. The highest BCUT2D eigenvalue weighted by Crippen LogP contribution is 2.34. The molecule has 146 valence electrons. The van der Waals surface area contributed by atoms with Crippen LogP contribution in [0, 0.1) is 5.82 Å². The molecule has 0 atom stereocenters. The van der Waals surface area contributed by atoms with Crippen molar-refractivity contribution in [1.29, 1.82) is 0 Å². The highest BCUT2D eigenvalue weighted by Gasteiger charge is 2.16. The third-order valence-electron chi connectivity index (χ3n) is 4.17. The minimum atomic E-state index is -0.629. The summed E-state index contributed by atoms with van der Waals surface area (Å²) in [5.41, 5.74) is 1.11. The van der Waals surface area contributed by atoms with Crippen LogP contribution in [0.3, 0.4) is 0 Å². The molecule has 0 bridgehead atoms. The van der Waals surface area contributed by atoms with E-state index >= 15 is 0 Å². The first-order valence-electron chi connectivity index (χ1n) is 8.73. The van der Waals surface area contributed by atoms with Gasteiger partial charge in [0.15, 0.2) is 11.5 Å². The van der Waals surface area contributed by atoms with Crippen molar-refractivity contribution >= 4 is 29.0 Å². The summed E-state index contributed by atoms with van der Waals surface area (Å²) in [5.74, 6) is -0.0953. The molecule has 3 aromatic rings. The van der Waals surface area contributed by atoms with E-state index in [4.69, 9.17) is 9.47 Å². The van der Waals surface area contributed by atoms with Gasteiger partial charge in [-0.1, -0.05) is 24.3 Å². The topological polar surface area (TPSA) is 88.7 Å². The Balaban J connectivity index is 1.46. The number of para-hydroxylation sites is 2. The zero-order valence-corrected chi connectivity index (χ0v) is 15.1. The fourth-order valence-electron chi connectivity index (χ4n) is 2.80. The molecule has 0 saturated carbocycles. The van der Waals surface area contributed by atoms with Crippen molar-refractivity contribution in [1.82, 2.24) is 0 Å². The quantitative estimate of drug-likeness (QED) is 0.611. The highest BCUT2D eigenvalue weighted by atomic mass is 19.1. The lowest BCUT2D eigenvalue weighted by molar-refractivity contribution is 0.102. The fraction of sp³-hybridized carbons (Fsp3) is 0.0476. The third-order valence-corrected chi connectivity index (χ3v) is 4.17. The maximum Gasteiger partial charge on any atom is 0.323 e. The normalized spacial score (nSPS) is 11.6. The Morgan fingerprint density at radius 3 is 2.28 bits per heavy atom. The van der Waals surface area contributed by atoms with E-state index < -0.39 is 17.8 Å². The van der Waals surface area contributed by atoms with Crippen LogP contribution in [0.15, 0.2) is 66.7 Å².